The number of aromatic amines is 1. The Bertz CT molecular complexity index is 631. The Morgan fingerprint density at radius 3 is 2.70 bits per heavy atom. The van der Waals surface area contributed by atoms with Crippen molar-refractivity contribution >= 4 is 5.91 Å². The second-order valence-electron chi connectivity index (χ2n) is 6.10. The number of carbonyl (C=O) groups is 1. The maximum absolute atomic E-state index is 11.8. The van der Waals surface area contributed by atoms with Crippen molar-refractivity contribution in [2.75, 3.05) is 19.7 Å². The first-order valence-electron chi connectivity index (χ1n) is 8.22. The lowest BCUT2D eigenvalue weighted by atomic mass is 9.89. The van der Waals surface area contributed by atoms with Crippen molar-refractivity contribution in [3.63, 3.8) is 0 Å². The lowest BCUT2D eigenvalue weighted by Crippen LogP contribution is -2.38. The van der Waals surface area contributed by atoms with Crippen molar-refractivity contribution in [2.45, 2.75) is 31.6 Å². The van der Waals surface area contributed by atoms with Crippen molar-refractivity contribution in [3.8, 4) is 0 Å². The zero-order chi connectivity index (χ0) is 16.1. The van der Waals surface area contributed by atoms with Crippen LogP contribution in [0.15, 0.2) is 36.5 Å². The summed E-state index contributed by atoms with van der Waals surface area (Å²) in [5.41, 5.74) is 3.74. The maximum Gasteiger partial charge on any atom is 0.224 e. The standard InChI is InChI=1S/C18H23N3O2/c22-11-8-17(23)21-9-6-15(7-10-21)18-16(13-19-20-18)12-14-4-2-1-3-5-14/h1-5,13,15,22H,6-12H2,(H,19,20). The van der Waals surface area contributed by atoms with Gasteiger partial charge < -0.3 is 10.0 Å². The fourth-order valence-electron chi connectivity index (χ4n) is 3.30. The summed E-state index contributed by atoms with van der Waals surface area (Å²) in [5, 5.41) is 16.3. The number of aliphatic hydroxyl groups is 1. The molecule has 23 heavy (non-hydrogen) atoms. The van der Waals surface area contributed by atoms with E-state index >= 15 is 0 Å². The molecule has 1 aliphatic heterocycles. The van der Waals surface area contributed by atoms with E-state index in [0.29, 0.717) is 5.92 Å². The van der Waals surface area contributed by atoms with Gasteiger partial charge in [-0.15, -0.1) is 0 Å². The number of aliphatic hydroxyl groups excluding tert-OH is 1. The van der Waals surface area contributed by atoms with Crippen LogP contribution in [0.5, 0.6) is 0 Å². The molecule has 0 bridgehead atoms. The lowest BCUT2D eigenvalue weighted by Gasteiger charge is -2.32. The van der Waals surface area contributed by atoms with Gasteiger partial charge in [0.15, 0.2) is 0 Å². The number of hydrogen-bond acceptors (Lipinski definition) is 3. The highest BCUT2D eigenvalue weighted by Gasteiger charge is 2.26. The quantitative estimate of drug-likeness (QED) is 0.888. The predicted octanol–water partition coefficient (Wildman–Crippen LogP) is 2.09. The van der Waals surface area contributed by atoms with Gasteiger partial charge in [0.2, 0.25) is 5.91 Å². The van der Waals surface area contributed by atoms with Crippen LogP contribution in [0.3, 0.4) is 0 Å². The molecule has 3 rings (SSSR count). The molecule has 2 aromatic rings. The summed E-state index contributed by atoms with van der Waals surface area (Å²) < 4.78 is 0. The minimum Gasteiger partial charge on any atom is -0.396 e. The molecule has 1 fully saturated rings. The minimum absolute atomic E-state index is 0.0556. The molecule has 1 aromatic carbocycles. The SMILES string of the molecule is O=C(CCO)N1CCC(c2[nH]ncc2Cc2ccccc2)CC1. The summed E-state index contributed by atoms with van der Waals surface area (Å²) in [5.74, 6) is 0.481. The van der Waals surface area contributed by atoms with Crippen molar-refractivity contribution in [1.82, 2.24) is 15.1 Å². The predicted molar refractivity (Wildman–Crippen MR) is 88.1 cm³/mol. The zero-order valence-corrected chi connectivity index (χ0v) is 13.2. The first-order chi connectivity index (χ1) is 11.3. The van der Waals surface area contributed by atoms with Crippen LogP contribution in [0.2, 0.25) is 0 Å². The number of nitrogens with zero attached hydrogens (tertiary/aromatic N) is 2. The number of amides is 1. The number of nitrogens with one attached hydrogen (secondary N) is 1. The molecule has 2 heterocycles. The van der Waals surface area contributed by atoms with Gasteiger partial charge in [0.25, 0.3) is 0 Å². The molecule has 0 saturated carbocycles. The molecule has 0 spiro atoms. The molecular formula is C18H23N3O2. The Morgan fingerprint density at radius 2 is 2.00 bits per heavy atom. The van der Waals surface area contributed by atoms with Gasteiger partial charge in [-0.2, -0.15) is 5.10 Å². The van der Waals surface area contributed by atoms with E-state index in [4.69, 9.17) is 5.11 Å². The van der Waals surface area contributed by atoms with E-state index in [9.17, 15) is 4.79 Å². The Balaban J connectivity index is 1.63. The third-order valence-electron chi connectivity index (χ3n) is 4.57. The van der Waals surface area contributed by atoms with E-state index < -0.39 is 0 Å². The minimum atomic E-state index is -0.0689. The molecule has 5 heteroatoms. The molecule has 122 valence electrons. The van der Waals surface area contributed by atoms with Crippen molar-refractivity contribution in [1.29, 1.82) is 0 Å². The number of likely N-dealkylation sites (tertiary alicyclic amines) is 1. The van der Waals surface area contributed by atoms with Crippen LogP contribution in [0.25, 0.3) is 0 Å². The van der Waals surface area contributed by atoms with Gasteiger partial charge in [-0.05, 0) is 24.0 Å². The number of aromatic nitrogens is 2. The van der Waals surface area contributed by atoms with Crippen LogP contribution < -0.4 is 0 Å². The van der Waals surface area contributed by atoms with Crippen molar-refractivity contribution < 1.29 is 9.90 Å². The van der Waals surface area contributed by atoms with E-state index in [0.717, 1.165) is 32.4 Å². The van der Waals surface area contributed by atoms with E-state index in [1.165, 1.54) is 16.8 Å². The monoisotopic (exact) mass is 313 g/mol. The Kier molecular flexibility index (Phi) is 5.08. The molecule has 0 radical (unpaired) electrons. The van der Waals surface area contributed by atoms with E-state index in [-0.39, 0.29) is 18.9 Å². The zero-order valence-electron chi connectivity index (χ0n) is 13.2. The molecular weight excluding hydrogens is 290 g/mol. The van der Waals surface area contributed by atoms with Crippen molar-refractivity contribution in [2.24, 2.45) is 0 Å². The summed E-state index contributed by atoms with van der Waals surface area (Å²) in [7, 11) is 0. The van der Waals surface area contributed by atoms with Crippen LogP contribution in [0.1, 0.15) is 42.0 Å². The summed E-state index contributed by atoms with van der Waals surface area (Å²) in [6, 6.07) is 10.4. The van der Waals surface area contributed by atoms with Gasteiger partial charge in [-0.25, -0.2) is 0 Å². The highest BCUT2D eigenvalue weighted by Crippen LogP contribution is 2.30. The van der Waals surface area contributed by atoms with E-state index in [2.05, 4.69) is 34.5 Å². The molecule has 1 aliphatic rings. The number of carbonyl (C=O) groups excluding carboxylic acids is 1. The second kappa shape index (κ2) is 7.42. The van der Waals surface area contributed by atoms with Gasteiger partial charge in [0.05, 0.1) is 12.8 Å². The molecule has 1 amide bonds. The third-order valence-corrected chi connectivity index (χ3v) is 4.57. The Hall–Kier alpha value is -2.14. The van der Waals surface area contributed by atoms with Crippen LogP contribution in [-0.2, 0) is 11.2 Å². The molecule has 5 nitrogen and oxygen atoms in total. The van der Waals surface area contributed by atoms with Gasteiger partial charge in [-0.3, -0.25) is 9.89 Å². The summed E-state index contributed by atoms with van der Waals surface area (Å²) >= 11 is 0. The molecule has 2 N–H and O–H groups in total. The molecule has 0 aliphatic carbocycles. The number of piperidine rings is 1. The third kappa shape index (κ3) is 3.79. The van der Waals surface area contributed by atoms with Gasteiger partial charge >= 0.3 is 0 Å². The summed E-state index contributed by atoms with van der Waals surface area (Å²) in [6.45, 7) is 1.45. The largest absolute Gasteiger partial charge is 0.396 e. The van der Waals surface area contributed by atoms with Crippen LogP contribution in [-0.4, -0.2) is 45.8 Å². The number of hydrogen-bond donors (Lipinski definition) is 2. The molecule has 0 atom stereocenters. The number of rotatable bonds is 5. The van der Waals surface area contributed by atoms with Crippen molar-refractivity contribution in [3.05, 3.63) is 53.3 Å². The smallest absolute Gasteiger partial charge is 0.224 e. The van der Waals surface area contributed by atoms with E-state index in [1.54, 1.807) is 0 Å². The lowest BCUT2D eigenvalue weighted by molar-refractivity contribution is -0.132. The number of H-pyrrole nitrogens is 1. The molecule has 0 unspecified atom stereocenters. The Morgan fingerprint density at radius 1 is 1.26 bits per heavy atom. The topological polar surface area (TPSA) is 69.2 Å². The first-order valence-corrected chi connectivity index (χ1v) is 8.22. The molecule has 1 saturated heterocycles. The number of benzene rings is 1. The Labute approximate surface area is 136 Å². The average molecular weight is 313 g/mol. The van der Waals surface area contributed by atoms with Gasteiger partial charge in [-0.1, -0.05) is 30.3 Å². The van der Waals surface area contributed by atoms with Crippen LogP contribution in [0, 0.1) is 0 Å². The second-order valence-corrected chi connectivity index (χ2v) is 6.10. The summed E-state index contributed by atoms with van der Waals surface area (Å²) in [4.78, 5) is 13.7. The fourth-order valence-corrected chi connectivity index (χ4v) is 3.30. The highest BCUT2D eigenvalue weighted by molar-refractivity contribution is 5.76. The normalized spacial score (nSPS) is 15.8. The van der Waals surface area contributed by atoms with Gasteiger partial charge in [0.1, 0.15) is 0 Å². The van der Waals surface area contributed by atoms with Crippen LogP contribution >= 0.6 is 0 Å². The molecule has 1 aromatic heterocycles. The summed E-state index contributed by atoms with van der Waals surface area (Å²) in [6.07, 6.45) is 4.93. The van der Waals surface area contributed by atoms with Gasteiger partial charge in [0, 0.05) is 37.5 Å². The highest BCUT2D eigenvalue weighted by atomic mass is 16.3. The maximum atomic E-state index is 11.8. The fraction of sp³-hybridized carbons (Fsp3) is 0.444. The first kappa shape index (κ1) is 15.7. The van der Waals surface area contributed by atoms with E-state index in [1.807, 2.05) is 17.2 Å². The average Bonchev–Trinajstić information content (AvgIpc) is 3.04. The van der Waals surface area contributed by atoms with Crippen LogP contribution in [0.4, 0.5) is 0 Å².